The van der Waals surface area contributed by atoms with Gasteiger partial charge in [0.2, 0.25) is 0 Å². The van der Waals surface area contributed by atoms with Gasteiger partial charge in [-0.05, 0) is 88.9 Å². The van der Waals surface area contributed by atoms with Gasteiger partial charge in [-0.2, -0.15) is 0 Å². The number of Topliss-reactive ketones (excluding diaryl/α,β-unsaturated/α-hetero) is 1. The average Bonchev–Trinajstić information content (AvgIpc) is 3.02. The standard InChI is InChI=1S/C24H36O4/c1-14(25)24-20(27-21(2,3)28-24)13-19-17-7-6-15-12-16(26)8-10-22(15,4)18(17)9-11-23(19,24)5/h6,16-20,26H,7-13H2,1-5H3/t16-,17?,18?,19?,20+,22-,23-,24+/m0/s1. The van der Waals surface area contributed by atoms with Gasteiger partial charge in [0.1, 0.15) is 0 Å². The first-order valence-electron chi connectivity index (χ1n) is 11.3. The molecule has 3 saturated carbocycles. The molecule has 0 aromatic carbocycles. The van der Waals surface area contributed by atoms with E-state index in [4.69, 9.17) is 9.47 Å². The highest BCUT2D eigenvalue weighted by atomic mass is 16.8. The van der Waals surface area contributed by atoms with Gasteiger partial charge in [-0.25, -0.2) is 0 Å². The fourth-order valence-corrected chi connectivity index (χ4v) is 8.39. The number of allylic oxidation sites excluding steroid dienone is 1. The van der Waals surface area contributed by atoms with Gasteiger partial charge < -0.3 is 14.6 Å². The number of carbonyl (C=O) groups excluding carboxylic acids is 1. The van der Waals surface area contributed by atoms with Gasteiger partial charge in [0, 0.05) is 5.41 Å². The summed E-state index contributed by atoms with van der Waals surface area (Å²) in [6, 6.07) is 0. The maximum absolute atomic E-state index is 13.0. The van der Waals surface area contributed by atoms with Crippen LogP contribution < -0.4 is 0 Å². The summed E-state index contributed by atoms with van der Waals surface area (Å²) in [5, 5.41) is 10.2. The van der Waals surface area contributed by atoms with Gasteiger partial charge in [0.15, 0.2) is 17.2 Å². The Morgan fingerprint density at radius 2 is 1.89 bits per heavy atom. The van der Waals surface area contributed by atoms with Gasteiger partial charge in [-0.15, -0.1) is 0 Å². The number of aliphatic hydroxyl groups is 1. The molecule has 4 nitrogen and oxygen atoms in total. The van der Waals surface area contributed by atoms with E-state index >= 15 is 0 Å². The zero-order chi connectivity index (χ0) is 20.1. The largest absolute Gasteiger partial charge is 0.393 e. The van der Waals surface area contributed by atoms with Crippen LogP contribution in [0.4, 0.5) is 0 Å². The predicted octanol–water partition coefficient (Wildman–Crippen LogP) is 4.40. The molecule has 1 aliphatic heterocycles. The summed E-state index contributed by atoms with van der Waals surface area (Å²) in [7, 11) is 0. The van der Waals surface area contributed by atoms with Gasteiger partial charge in [-0.3, -0.25) is 4.79 Å². The van der Waals surface area contributed by atoms with Crippen LogP contribution in [0.1, 0.15) is 79.6 Å². The minimum atomic E-state index is -0.792. The summed E-state index contributed by atoms with van der Waals surface area (Å²) in [4.78, 5) is 13.0. The third kappa shape index (κ3) is 2.20. The zero-order valence-corrected chi connectivity index (χ0v) is 18.1. The SMILES string of the molecule is CC(=O)[C@@]12OC(C)(C)O[C@@H]1CC1C3CC=C4C[C@@H](O)CC[C@]4(C)C3CC[C@@]12C. The van der Waals surface area contributed by atoms with Crippen LogP contribution in [0.3, 0.4) is 0 Å². The van der Waals surface area contributed by atoms with Crippen LogP contribution in [-0.4, -0.2) is 34.5 Å². The molecule has 0 amide bonds. The Morgan fingerprint density at radius 3 is 2.61 bits per heavy atom. The van der Waals surface area contributed by atoms with Crippen LogP contribution >= 0.6 is 0 Å². The quantitative estimate of drug-likeness (QED) is 0.677. The third-order valence-electron chi connectivity index (χ3n) is 9.59. The van der Waals surface area contributed by atoms with Crippen LogP contribution in [0.15, 0.2) is 11.6 Å². The van der Waals surface area contributed by atoms with E-state index < -0.39 is 11.4 Å². The Balaban J connectivity index is 1.54. The lowest BCUT2D eigenvalue weighted by molar-refractivity contribution is -0.213. The normalized spacial score (nSPS) is 54.2. The molecule has 5 rings (SSSR count). The van der Waals surface area contributed by atoms with E-state index in [0.717, 1.165) is 44.9 Å². The highest BCUT2D eigenvalue weighted by Crippen LogP contribution is 2.70. The van der Waals surface area contributed by atoms with E-state index in [2.05, 4.69) is 19.9 Å². The molecule has 1 heterocycles. The molecule has 1 N–H and O–H groups in total. The molecule has 5 aliphatic rings. The van der Waals surface area contributed by atoms with Gasteiger partial charge in [-0.1, -0.05) is 25.5 Å². The number of ether oxygens (including phenoxy) is 2. The number of hydrogen-bond donors (Lipinski definition) is 1. The van der Waals surface area contributed by atoms with Gasteiger partial charge in [0.05, 0.1) is 12.2 Å². The monoisotopic (exact) mass is 388 g/mol. The van der Waals surface area contributed by atoms with E-state index in [9.17, 15) is 9.90 Å². The number of ketones is 1. The van der Waals surface area contributed by atoms with Crippen LogP contribution in [0.2, 0.25) is 0 Å². The minimum absolute atomic E-state index is 0.125. The van der Waals surface area contributed by atoms with Crippen molar-refractivity contribution in [1.82, 2.24) is 0 Å². The summed E-state index contributed by atoms with van der Waals surface area (Å²) < 4.78 is 12.8. The fourth-order valence-electron chi connectivity index (χ4n) is 8.39. The van der Waals surface area contributed by atoms with Crippen molar-refractivity contribution in [3.8, 4) is 0 Å². The molecule has 8 atom stereocenters. The molecule has 1 saturated heterocycles. The van der Waals surface area contributed by atoms with Crippen molar-refractivity contribution in [2.24, 2.45) is 28.6 Å². The maximum Gasteiger partial charge on any atom is 0.164 e. The van der Waals surface area contributed by atoms with Gasteiger partial charge >= 0.3 is 0 Å². The zero-order valence-electron chi connectivity index (χ0n) is 18.1. The van der Waals surface area contributed by atoms with Crippen molar-refractivity contribution in [3.05, 3.63) is 11.6 Å². The smallest absolute Gasteiger partial charge is 0.164 e. The van der Waals surface area contributed by atoms with E-state index in [0.29, 0.717) is 17.8 Å². The van der Waals surface area contributed by atoms with Crippen molar-refractivity contribution >= 4 is 5.78 Å². The Morgan fingerprint density at radius 1 is 1.14 bits per heavy atom. The van der Waals surface area contributed by atoms with Crippen LogP contribution in [0.25, 0.3) is 0 Å². The number of rotatable bonds is 1. The highest BCUT2D eigenvalue weighted by molar-refractivity contribution is 5.88. The molecule has 4 heteroatoms. The molecule has 0 spiro atoms. The predicted molar refractivity (Wildman–Crippen MR) is 107 cm³/mol. The summed E-state index contributed by atoms with van der Waals surface area (Å²) in [5.41, 5.74) is 0.754. The Bertz CT molecular complexity index is 741. The van der Waals surface area contributed by atoms with E-state index in [1.54, 1.807) is 6.92 Å². The fraction of sp³-hybridized carbons (Fsp3) is 0.875. The molecule has 28 heavy (non-hydrogen) atoms. The molecule has 0 bridgehead atoms. The van der Waals surface area contributed by atoms with Crippen molar-refractivity contribution in [3.63, 3.8) is 0 Å². The van der Waals surface area contributed by atoms with E-state index in [1.807, 2.05) is 13.8 Å². The number of hydrogen-bond acceptors (Lipinski definition) is 4. The molecule has 0 radical (unpaired) electrons. The van der Waals surface area contributed by atoms with Crippen LogP contribution in [0, 0.1) is 28.6 Å². The minimum Gasteiger partial charge on any atom is -0.393 e. The first kappa shape index (κ1) is 19.3. The van der Waals surface area contributed by atoms with Crippen LogP contribution in [0.5, 0.6) is 0 Å². The molecular formula is C24H36O4. The van der Waals surface area contributed by atoms with Crippen molar-refractivity contribution < 1.29 is 19.4 Å². The lowest BCUT2D eigenvalue weighted by Gasteiger charge is -2.59. The van der Waals surface area contributed by atoms with Crippen molar-refractivity contribution in [1.29, 1.82) is 0 Å². The highest BCUT2D eigenvalue weighted by Gasteiger charge is 2.74. The molecule has 4 fully saturated rings. The molecule has 4 aliphatic carbocycles. The number of carbonyl (C=O) groups is 1. The first-order valence-corrected chi connectivity index (χ1v) is 11.3. The van der Waals surface area contributed by atoms with E-state index in [-0.39, 0.29) is 28.8 Å². The summed E-state index contributed by atoms with van der Waals surface area (Å²) in [6.07, 6.45) is 9.19. The Labute approximate surface area is 169 Å². The number of fused-ring (bicyclic) bond motifs is 7. The lowest BCUT2D eigenvalue weighted by Crippen LogP contribution is -2.59. The topological polar surface area (TPSA) is 55.8 Å². The lowest BCUT2D eigenvalue weighted by atomic mass is 9.46. The maximum atomic E-state index is 13.0. The Hall–Kier alpha value is -0.710. The second-order valence-corrected chi connectivity index (χ2v) is 11.2. The van der Waals surface area contributed by atoms with E-state index in [1.165, 1.54) is 5.57 Å². The molecule has 0 aromatic heterocycles. The second kappa shape index (κ2) is 5.70. The molecule has 0 aromatic rings. The second-order valence-electron chi connectivity index (χ2n) is 11.2. The molecule has 156 valence electrons. The van der Waals surface area contributed by atoms with Crippen LogP contribution in [-0.2, 0) is 14.3 Å². The summed E-state index contributed by atoms with van der Waals surface area (Å²) in [5.74, 6) is 1.14. The molecule has 3 unspecified atom stereocenters. The molecular weight excluding hydrogens is 352 g/mol. The van der Waals surface area contributed by atoms with Gasteiger partial charge in [0.25, 0.3) is 0 Å². The average molecular weight is 389 g/mol. The number of aliphatic hydroxyl groups excluding tert-OH is 1. The Kier molecular flexibility index (Phi) is 3.93. The summed E-state index contributed by atoms with van der Waals surface area (Å²) in [6.45, 7) is 10.4. The van der Waals surface area contributed by atoms with Crippen molar-refractivity contribution in [2.75, 3.05) is 0 Å². The summed E-state index contributed by atoms with van der Waals surface area (Å²) >= 11 is 0. The third-order valence-corrected chi connectivity index (χ3v) is 9.59. The van der Waals surface area contributed by atoms with Crippen molar-refractivity contribution in [2.45, 2.75) is 103 Å². The first-order chi connectivity index (χ1) is 13.0.